The van der Waals surface area contributed by atoms with Crippen molar-refractivity contribution in [1.82, 2.24) is 15.5 Å². The van der Waals surface area contributed by atoms with Gasteiger partial charge in [0, 0.05) is 30.5 Å². The van der Waals surface area contributed by atoms with Crippen molar-refractivity contribution in [3.63, 3.8) is 0 Å². The molecule has 0 bridgehead atoms. The highest BCUT2D eigenvalue weighted by Gasteiger charge is 2.14. The van der Waals surface area contributed by atoms with Crippen LogP contribution in [0.2, 0.25) is 0 Å². The molecular formula is C22H25BrFN3O2. The number of hydrogen-bond donors (Lipinski definition) is 2. The number of carbonyl (C=O) groups excluding carboxylic acids is 2. The van der Waals surface area contributed by atoms with Crippen LogP contribution in [-0.4, -0.2) is 36.3 Å². The number of halogens is 2. The van der Waals surface area contributed by atoms with Crippen LogP contribution in [0.4, 0.5) is 4.39 Å². The molecule has 7 heteroatoms. The molecule has 0 atom stereocenters. The van der Waals surface area contributed by atoms with Gasteiger partial charge in [-0.15, -0.1) is 0 Å². The van der Waals surface area contributed by atoms with E-state index in [1.54, 1.807) is 0 Å². The summed E-state index contributed by atoms with van der Waals surface area (Å²) in [6.45, 7) is 3.81. The second-order valence-electron chi connectivity index (χ2n) is 7.16. The predicted octanol–water partition coefficient (Wildman–Crippen LogP) is 3.62. The van der Waals surface area contributed by atoms with E-state index in [9.17, 15) is 14.0 Å². The summed E-state index contributed by atoms with van der Waals surface area (Å²) in [6, 6.07) is 12.1. The van der Waals surface area contributed by atoms with Crippen LogP contribution in [0.3, 0.4) is 0 Å². The van der Waals surface area contributed by atoms with Gasteiger partial charge < -0.3 is 10.6 Å². The maximum Gasteiger partial charge on any atom is 0.252 e. The van der Waals surface area contributed by atoms with E-state index in [-0.39, 0.29) is 24.4 Å². The molecule has 1 saturated heterocycles. The zero-order valence-corrected chi connectivity index (χ0v) is 17.8. The Morgan fingerprint density at radius 3 is 2.52 bits per heavy atom. The van der Waals surface area contributed by atoms with Crippen LogP contribution >= 0.6 is 15.9 Å². The van der Waals surface area contributed by atoms with Crippen LogP contribution in [0.15, 0.2) is 46.9 Å². The van der Waals surface area contributed by atoms with Crippen LogP contribution < -0.4 is 10.6 Å². The first kappa shape index (κ1) is 21.5. The van der Waals surface area contributed by atoms with Gasteiger partial charge in [0.1, 0.15) is 5.82 Å². The lowest BCUT2D eigenvalue weighted by Gasteiger charge is -2.17. The Bertz CT molecular complexity index is 869. The molecular weight excluding hydrogens is 437 g/mol. The number of rotatable bonds is 8. The molecule has 1 heterocycles. The van der Waals surface area contributed by atoms with E-state index < -0.39 is 11.7 Å². The predicted molar refractivity (Wildman–Crippen MR) is 114 cm³/mol. The van der Waals surface area contributed by atoms with Gasteiger partial charge in [-0.1, -0.05) is 24.3 Å². The van der Waals surface area contributed by atoms with Crippen molar-refractivity contribution in [2.24, 2.45) is 0 Å². The summed E-state index contributed by atoms with van der Waals surface area (Å²) in [7, 11) is 0. The Morgan fingerprint density at radius 1 is 1.03 bits per heavy atom. The molecule has 0 radical (unpaired) electrons. The molecule has 2 amide bonds. The number of likely N-dealkylation sites (tertiary alicyclic amines) is 1. The SMILES string of the molecule is O=C(CCNC(=O)c1cc(F)ccc1Br)NCc1ccccc1CN1CCCC1. The number of benzene rings is 2. The van der Waals surface area contributed by atoms with Crippen molar-refractivity contribution in [1.29, 1.82) is 0 Å². The van der Waals surface area contributed by atoms with Crippen molar-refractivity contribution >= 4 is 27.7 Å². The third kappa shape index (κ3) is 6.37. The maximum atomic E-state index is 13.3. The van der Waals surface area contributed by atoms with Crippen LogP contribution in [0, 0.1) is 5.82 Å². The normalized spacial score (nSPS) is 14.0. The van der Waals surface area contributed by atoms with Crippen molar-refractivity contribution in [2.45, 2.75) is 32.4 Å². The first-order valence-electron chi connectivity index (χ1n) is 9.82. The van der Waals surface area contributed by atoms with Crippen LogP contribution in [0.5, 0.6) is 0 Å². The second kappa shape index (κ2) is 10.5. The quantitative estimate of drug-likeness (QED) is 0.630. The first-order valence-corrected chi connectivity index (χ1v) is 10.6. The summed E-state index contributed by atoms with van der Waals surface area (Å²) in [5, 5.41) is 5.57. The van der Waals surface area contributed by atoms with Gasteiger partial charge in [-0.05, 0) is 71.2 Å². The highest BCUT2D eigenvalue weighted by Crippen LogP contribution is 2.18. The van der Waals surface area contributed by atoms with Crippen LogP contribution in [0.25, 0.3) is 0 Å². The minimum Gasteiger partial charge on any atom is -0.352 e. The van der Waals surface area contributed by atoms with Crippen LogP contribution in [-0.2, 0) is 17.9 Å². The largest absolute Gasteiger partial charge is 0.352 e. The molecule has 0 aliphatic carbocycles. The zero-order chi connectivity index (χ0) is 20.6. The maximum absolute atomic E-state index is 13.3. The number of nitrogens with one attached hydrogen (secondary N) is 2. The van der Waals surface area contributed by atoms with Crippen molar-refractivity contribution in [3.05, 3.63) is 69.4 Å². The van der Waals surface area contributed by atoms with Gasteiger partial charge in [0.2, 0.25) is 5.91 Å². The average molecular weight is 462 g/mol. The highest BCUT2D eigenvalue weighted by molar-refractivity contribution is 9.10. The van der Waals surface area contributed by atoms with Crippen LogP contribution in [0.1, 0.15) is 40.7 Å². The third-order valence-corrected chi connectivity index (χ3v) is 5.69. The molecule has 1 fully saturated rings. The van der Waals surface area contributed by atoms with Gasteiger partial charge >= 0.3 is 0 Å². The molecule has 0 saturated carbocycles. The molecule has 2 aromatic rings. The van der Waals surface area contributed by atoms with E-state index in [4.69, 9.17) is 0 Å². The summed E-state index contributed by atoms with van der Waals surface area (Å²) < 4.78 is 13.8. The van der Waals surface area contributed by atoms with Gasteiger partial charge in [0.25, 0.3) is 5.91 Å². The van der Waals surface area contributed by atoms with Crippen molar-refractivity contribution in [2.75, 3.05) is 19.6 Å². The Kier molecular flexibility index (Phi) is 7.77. The fraction of sp³-hybridized carbons (Fsp3) is 0.364. The summed E-state index contributed by atoms with van der Waals surface area (Å²) in [5.41, 5.74) is 2.56. The Morgan fingerprint density at radius 2 is 1.76 bits per heavy atom. The lowest BCUT2D eigenvalue weighted by Crippen LogP contribution is -2.31. The molecule has 0 unspecified atom stereocenters. The van der Waals surface area contributed by atoms with E-state index >= 15 is 0 Å². The summed E-state index contributed by atoms with van der Waals surface area (Å²) in [4.78, 5) is 26.7. The Labute approximate surface area is 178 Å². The third-order valence-electron chi connectivity index (χ3n) is 5.00. The molecule has 2 aromatic carbocycles. The molecule has 0 aromatic heterocycles. The Balaban J connectivity index is 1.44. The summed E-state index contributed by atoms with van der Waals surface area (Å²) in [5.74, 6) is -1.04. The molecule has 2 N–H and O–H groups in total. The van der Waals surface area contributed by atoms with Crippen molar-refractivity contribution < 1.29 is 14.0 Å². The fourth-order valence-corrected chi connectivity index (χ4v) is 3.83. The van der Waals surface area contributed by atoms with E-state index in [0.717, 1.165) is 31.3 Å². The highest BCUT2D eigenvalue weighted by atomic mass is 79.9. The van der Waals surface area contributed by atoms with E-state index in [1.807, 2.05) is 18.2 Å². The Hall–Kier alpha value is -2.25. The van der Waals surface area contributed by atoms with Gasteiger partial charge in [0.05, 0.1) is 5.56 Å². The molecule has 0 spiro atoms. The average Bonchev–Trinajstić information content (AvgIpc) is 3.22. The molecule has 154 valence electrons. The standard InChI is InChI=1S/C22H25BrFN3O2/c23-20-8-7-18(24)13-19(20)22(29)25-10-9-21(28)26-14-16-5-1-2-6-17(16)15-27-11-3-4-12-27/h1-2,5-8,13H,3-4,9-12,14-15H2,(H,25,29)(H,26,28). The molecule has 5 nitrogen and oxygen atoms in total. The lowest BCUT2D eigenvalue weighted by molar-refractivity contribution is -0.121. The van der Waals surface area contributed by atoms with E-state index in [0.29, 0.717) is 11.0 Å². The van der Waals surface area contributed by atoms with E-state index in [2.05, 4.69) is 37.5 Å². The second-order valence-corrected chi connectivity index (χ2v) is 8.01. The van der Waals surface area contributed by atoms with E-state index in [1.165, 1.54) is 30.5 Å². The number of nitrogens with zero attached hydrogens (tertiary/aromatic N) is 1. The summed E-state index contributed by atoms with van der Waals surface area (Å²) >= 11 is 3.23. The summed E-state index contributed by atoms with van der Waals surface area (Å²) in [6.07, 6.45) is 2.65. The van der Waals surface area contributed by atoms with Gasteiger partial charge in [-0.3, -0.25) is 14.5 Å². The minimum absolute atomic E-state index is 0.139. The molecule has 1 aliphatic rings. The number of hydrogen-bond acceptors (Lipinski definition) is 3. The lowest BCUT2D eigenvalue weighted by atomic mass is 10.1. The van der Waals surface area contributed by atoms with Gasteiger partial charge in [-0.25, -0.2) is 4.39 Å². The first-order chi connectivity index (χ1) is 14.0. The molecule has 29 heavy (non-hydrogen) atoms. The molecule has 1 aliphatic heterocycles. The smallest absolute Gasteiger partial charge is 0.252 e. The molecule has 3 rings (SSSR count). The minimum atomic E-state index is -0.483. The number of carbonyl (C=O) groups is 2. The van der Waals surface area contributed by atoms with Crippen molar-refractivity contribution in [3.8, 4) is 0 Å². The zero-order valence-electron chi connectivity index (χ0n) is 16.2. The fourth-order valence-electron chi connectivity index (χ4n) is 3.40. The number of amides is 2. The monoisotopic (exact) mass is 461 g/mol. The topological polar surface area (TPSA) is 61.4 Å². The van der Waals surface area contributed by atoms with Gasteiger partial charge in [-0.2, -0.15) is 0 Å². The van der Waals surface area contributed by atoms with Gasteiger partial charge in [0.15, 0.2) is 0 Å².